The molecular weight excluding hydrogens is 322 g/mol. The molecule has 0 heterocycles. The number of rotatable bonds is 6. The standard InChI is InChI=1S/C18H21N3O2S/c1-4-15(13-8-6-5-7-9-13)20-21-18(24)19-14-10-11-16(22-2)17(12-14)23-3/h5-12H,4H2,1-3H3,(H2,19,21,24)/b20-15-. The SMILES string of the molecule is CC/C(=N/NC(=S)Nc1ccc(OC)c(OC)c1)c1ccccc1. The van der Waals surface area contributed by atoms with E-state index in [4.69, 9.17) is 21.7 Å². The molecule has 0 atom stereocenters. The molecule has 0 unspecified atom stereocenters. The zero-order valence-corrected chi connectivity index (χ0v) is 14.8. The van der Waals surface area contributed by atoms with Crippen LogP contribution in [0.25, 0.3) is 0 Å². The molecule has 0 radical (unpaired) electrons. The van der Waals surface area contributed by atoms with Crippen molar-refractivity contribution in [2.45, 2.75) is 13.3 Å². The molecule has 2 aromatic rings. The van der Waals surface area contributed by atoms with Gasteiger partial charge >= 0.3 is 0 Å². The van der Waals surface area contributed by atoms with Gasteiger partial charge in [-0.05, 0) is 36.3 Å². The van der Waals surface area contributed by atoms with Gasteiger partial charge < -0.3 is 14.8 Å². The number of hydrazone groups is 1. The van der Waals surface area contributed by atoms with Crippen molar-refractivity contribution in [2.24, 2.45) is 5.10 Å². The van der Waals surface area contributed by atoms with Crippen molar-refractivity contribution in [3.05, 3.63) is 54.1 Å². The molecule has 2 rings (SSSR count). The van der Waals surface area contributed by atoms with Crippen LogP contribution in [0.2, 0.25) is 0 Å². The van der Waals surface area contributed by atoms with Crippen molar-refractivity contribution in [2.75, 3.05) is 19.5 Å². The van der Waals surface area contributed by atoms with E-state index in [-0.39, 0.29) is 0 Å². The Morgan fingerprint density at radius 2 is 1.75 bits per heavy atom. The highest BCUT2D eigenvalue weighted by Crippen LogP contribution is 2.29. The summed E-state index contributed by atoms with van der Waals surface area (Å²) < 4.78 is 10.5. The normalized spacial score (nSPS) is 10.9. The molecule has 0 spiro atoms. The van der Waals surface area contributed by atoms with E-state index in [2.05, 4.69) is 22.8 Å². The number of nitrogens with one attached hydrogen (secondary N) is 2. The van der Waals surface area contributed by atoms with Crippen LogP contribution in [0.1, 0.15) is 18.9 Å². The zero-order valence-electron chi connectivity index (χ0n) is 14.0. The Morgan fingerprint density at radius 3 is 2.38 bits per heavy atom. The predicted octanol–water partition coefficient (Wildman–Crippen LogP) is 3.80. The molecule has 0 bridgehead atoms. The first-order valence-corrected chi connectivity index (χ1v) is 7.99. The Kier molecular flexibility index (Phi) is 6.57. The molecule has 0 saturated heterocycles. The van der Waals surface area contributed by atoms with E-state index in [9.17, 15) is 0 Å². The molecule has 0 amide bonds. The first-order chi connectivity index (χ1) is 11.7. The minimum absolute atomic E-state index is 0.407. The number of hydrogen-bond donors (Lipinski definition) is 2. The average molecular weight is 343 g/mol. The third-order valence-electron chi connectivity index (χ3n) is 3.38. The van der Waals surface area contributed by atoms with Crippen molar-refractivity contribution in [3.8, 4) is 11.5 Å². The minimum atomic E-state index is 0.407. The maximum Gasteiger partial charge on any atom is 0.191 e. The molecule has 24 heavy (non-hydrogen) atoms. The second-order valence-corrected chi connectivity index (χ2v) is 5.32. The number of benzene rings is 2. The maximum atomic E-state index is 5.29. The summed E-state index contributed by atoms with van der Waals surface area (Å²) >= 11 is 5.29. The molecule has 2 aromatic carbocycles. The fourth-order valence-corrected chi connectivity index (χ4v) is 2.33. The molecule has 5 nitrogen and oxygen atoms in total. The summed E-state index contributed by atoms with van der Waals surface area (Å²) in [5, 5.41) is 7.87. The van der Waals surface area contributed by atoms with Gasteiger partial charge in [-0.2, -0.15) is 5.10 Å². The summed E-state index contributed by atoms with van der Waals surface area (Å²) in [5.74, 6) is 1.30. The number of thiocarbonyl (C=S) groups is 1. The highest BCUT2D eigenvalue weighted by atomic mass is 32.1. The summed E-state index contributed by atoms with van der Waals surface area (Å²) in [6.07, 6.45) is 0.802. The van der Waals surface area contributed by atoms with Crippen molar-refractivity contribution in [1.29, 1.82) is 0 Å². The van der Waals surface area contributed by atoms with Crippen LogP contribution in [0, 0.1) is 0 Å². The summed E-state index contributed by atoms with van der Waals surface area (Å²) in [5.41, 5.74) is 5.68. The van der Waals surface area contributed by atoms with Gasteiger partial charge in [0.05, 0.1) is 19.9 Å². The van der Waals surface area contributed by atoms with E-state index in [1.165, 1.54) is 0 Å². The van der Waals surface area contributed by atoms with Gasteiger partial charge in [-0.1, -0.05) is 37.3 Å². The van der Waals surface area contributed by atoms with Gasteiger partial charge in [0, 0.05) is 11.8 Å². The molecule has 126 valence electrons. The van der Waals surface area contributed by atoms with Crippen LogP contribution in [-0.2, 0) is 0 Å². The van der Waals surface area contributed by atoms with Gasteiger partial charge in [-0.25, -0.2) is 0 Å². The van der Waals surface area contributed by atoms with Crippen molar-refractivity contribution >= 4 is 28.7 Å². The van der Waals surface area contributed by atoms with Gasteiger partial charge in [0.2, 0.25) is 0 Å². The molecular formula is C18H21N3O2S. The molecule has 0 fully saturated rings. The molecule has 0 aromatic heterocycles. The summed E-state index contributed by atoms with van der Waals surface area (Å²) in [6.45, 7) is 2.05. The Labute approximate surface area is 147 Å². The van der Waals surface area contributed by atoms with Crippen LogP contribution >= 0.6 is 12.2 Å². The second kappa shape index (κ2) is 8.88. The fourth-order valence-electron chi connectivity index (χ4n) is 2.17. The lowest BCUT2D eigenvalue weighted by Crippen LogP contribution is -2.25. The van der Waals surface area contributed by atoms with Crippen molar-refractivity contribution in [3.63, 3.8) is 0 Å². The van der Waals surface area contributed by atoms with Crippen LogP contribution in [0.3, 0.4) is 0 Å². The summed E-state index contributed by atoms with van der Waals surface area (Å²) in [7, 11) is 3.19. The Morgan fingerprint density at radius 1 is 1.04 bits per heavy atom. The lowest BCUT2D eigenvalue weighted by atomic mass is 10.1. The third kappa shape index (κ3) is 4.70. The molecule has 0 saturated carbocycles. The van der Waals surface area contributed by atoms with E-state index in [0.29, 0.717) is 16.6 Å². The molecule has 0 aliphatic heterocycles. The van der Waals surface area contributed by atoms with E-state index >= 15 is 0 Å². The molecule has 0 aliphatic rings. The molecule has 0 aliphatic carbocycles. The Bertz CT molecular complexity index is 717. The zero-order chi connectivity index (χ0) is 17.4. The van der Waals surface area contributed by atoms with Gasteiger partial charge in [0.15, 0.2) is 16.6 Å². The number of anilines is 1. The average Bonchev–Trinajstić information content (AvgIpc) is 2.63. The highest BCUT2D eigenvalue weighted by molar-refractivity contribution is 7.80. The Balaban J connectivity index is 2.04. The number of ether oxygens (including phenoxy) is 2. The third-order valence-corrected chi connectivity index (χ3v) is 3.57. The fraction of sp³-hybridized carbons (Fsp3) is 0.222. The van der Waals surface area contributed by atoms with Gasteiger partial charge in [0.25, 0.3) is 0 Å². The first-order valence-electron chi connectivity index (χ1n) is 7.59. The predicted molar refractivity (Wildman–Crippen MR) is 102 cm³/mol. The maximum absolute atomic E-state index is 5.29. The first kappa shape index (κ1) is 17.7. The van der Waals surface area contributed by atoms with Crippen LogP contribution in [0.4, 0.5) is 5.69 Å². The van der Waals surface area contributed by atoms with Crippen LogP contribution in [-0.4, -0.2) is 25.0 Å². The molecule has 2 N–H and O–H groups in total. The van der Waals surface area contributed by atoms with E-state index in [1.54, 1.807) is 14.2 Å². The second-order valence-electron chi connectivity index (χ2n) is 4.91. The number of nitrogens with zero attached hydrogens (tertiary/aromatic N) is 1. The van der Waals surface area contributed by atoms with Crippen molar-refractivity contribution in [1.82, 2.24) is 5.43 Å². The lowest BCUT2D eigenvalue weighted by Gasteiger charge is -2.12. The van der Waals surface area contributed by atoms with Gasteiger partial charge in [-0.3, -0.25) is 5.43 Å². The Hall–Kier alpha value is -2.60. The minimum Gasteiger partial charge on any atom is -0.493 e. The number of methoxy groups -OCH3 is 2. The monoisotopic (exact) mass is 343 g/mol. The largest absolute Gasteiger partial charge is 0.493 e. The van der Waals surface area contributed by atoms with Crippen LogP contribution in [0.5, 0.6) is 11.5 Å². The lowest BCUT2D eigenvalue weighted by molar-refractivity contribution is 0.355. The smallest absolute Gasteiger partial charge is 0.191 e. The van der Waals surface area contributed by atoms with Gasteiger partial charge in [-0.15, -0.1) is 0 Å². The van der Waals surface area contributed by atoms with Gasteiger partial charge in [0.1, 0.15) is 0 Å². The number of hydrogen-bond acceptors (Lipinski definition) is 4. The summed E-state index contributed by atoms with van der Waals surface area (Å²) in [4.78, 5) is 0. The van der Waals surface area contributed by atoms with E-state index in [0.717, 1.165) is 23.4 Å². The highest BCUT2D eigenvalue weighted by Gasteiger charge is 2.06. The van der Waals surface area contributed by atoms with E-state index in [1.807, 2.05) is 48.5 Å². The van der Waals surface area contributed by atoms with Crippen LogP contribution in [0.15, 0.2) is 53.6 Å². The van der Waals surface area contributed by atoms with E-state index < -0.39 is 0 Å². The van der Waals surface area contributed by atoms with Crippen LogP contribution < -0.4 is 20.2 Å². The summed E-state index contributed by atoms with van der Waals surface area (Å²) in [6, 6.07) is 15.5. The topological polar surface area (TPSA) is 54.9 Å². The quantitative estimate of drug-likeness (QED) is 0.475. The van der Waals surface area contributed by atoms with Crippen molar-refractivity contribution < 1.29 is 9.47 Å². The molecule has 6 heteroatoms.